The second-order valence-electron chi connectivity index (χ2n) is 9.53. The fourth-order valence-corrected chi connectivity index (χ4v) is 5.41. The number of nitrogens with zero attached hydrogens (tertiary/aromatic N) is 5. The van der Waals surface area contributed by atoms with Gasteiger partial charge in [0.25, 0.3) is 5.91 Å². The number of sulfonamides is 1. The first-order valence-electron chi connectivity index (χ1n) is 12.0. The van der Waals surface area contributed by atoms with Gasteiger partial charge in [-0.15, -0.1) is 0 Å². The van der Waals surface area contributed by atoms with Crippen molar-refractivity contribution in [3.63, 3.8) is 0 Å². The van der Waals surface area contributed by atoms with E-state index in [1.807, 2.05) is 18.0 Å². The lowest BCUT2D eigenvalue weighted by molar-refractivity contribution is 0.0460. The predicted molar refractivity (Wildman–Crippen MR) is 137 cm³/mol. The highest BCUT2D eigenvalue weighted by Crippen LogP contribution is 2.31. The molecule has 37 heavy (non-hydrogen) atoms. The van der Waals surface area contributed by atoms with E-state index in [0.717, 1.165) is 42.6 Å². The first-order valence-corrected chi connectivity index (χ1v) is 13.9. The minimum Gasteiger partial charge on any atom is -0.336 e. The summed E-state index contributed by atoms with van der Waals surface area (Å²) < 4.78 is 38.5. The third kappa shape index (κ3) is 5.86. The van der Waals surface area contributed by atoms with Crippen molar-refractivity contribution in [2.24, 2.45) is 0 Å². The Morgan fingerprint density at radius 3 is 2.65 bits per heavy atom. The zero-order valence-corrected chi connectivity index (χ0v) is 21.4. The zero-order chi connectivity index (χ0) is 26.2. The third-order valence-corrected chi connectivity index (χ3v) is 7.28. The first kappa shape index (κ1) is 25.0. The molecule has 2 N–H and O–H groups in total. The molecule has 2 aliphatic rings. The summed E-state index contributed by atoms with van der Waals surface area (Å²) in [5, 5.41) is 3.12. The van der Waals surface area contributed by atoms with Crippen LogP contribution < -0.4 is 10.0 Å². The van der Waals surface area contributed by atoms with E-state index >= 15 is 0 Å². The molecule has 1 fully saturated rings. The Morgan fingerprint density at radius 1 is 1.14 bits per heavy atom. The maximum atomic E-state index is 13.2. The van der Waals surface area contributed by atoms with Crippen LogP contribution in [0.4, 0.5) is 21.8 Å². The fraction of sp³-hybridized carbons (Fsp3) is 0.360. The van der Waals surface area contributed by atoms with Gasteiger partial charge in [-0.2, -0.15) is 0 Å². The number of fused-ring (bicyclic) bond motifs is 1. The molecule has 10 nitrogen and oxygen atoms in total. The van der Waals surface area contributed by atoms with Gasteiger partial charge in [-0.25, -0.2) is 27.8 Å². The number of halogens is 1. The van der Waals surface area contributed by atoms with Crippen molar-refractivity contribution in [1.29, 1.82) is 0 Å². The number of carbonyl (C=O) groups is 1. The van der Waals surface area contributed by atoms with Gasteiger partial charge in [0.1, 0.15) is 11.6 Å². The molecule has 1 amide bonds. The van der Waals surface area contributed by atoms with Crippen LogP contribution in [0, 0.1) is 5.82 Å². The Morgan fingerprint density at radius 2 is 1.92 bits per heavy atom. The maximum absolute atomic E-state index is 13.2. The van der Waals surface area contributed by atoms with E-state index in [9.17, 15) is 17.6 Å². The largest absolute Gasteiger partial charge is 0.336 e. The van der Waals surface area contributed by atoms with Crippen LogP contribution in [-0.2, 0) is 23.1 Å². The number of hydrogen-bond donors (Lipinski definition) is 2. The van der Waals surface area contributed by atoms with E-state index in [-0.39, 0.29) is 23.6 Å². The second-order valence-corrected chi connectivity index (χ2v) is 11.3. The normalized spacial score (nSPS) is 19.9. The lowest BCUT2D eigenvalue weighted by atomic mass is 9.96. The lowest BCUT2D eigenvalue weighted by Gasteiger charge is -2.41. The van der Waals surface area contributed by atoms with E-state index < -0.39 is 10.0 Å². The van der Waals surface area contributed by atoms with Gasteiger partial charge in [-0.05, 0) is 56.2 Å². The highest BCUT2D eigenvalue weighted by Gasteiger charge is 2.35. The number of nitrogens with one attached hydrogen (secondary N) is 2. The summed E-state index contributed by atoms with van der Waals surface area (Å²) in [6, 6.07) is 9.43. The monoisotopic (exact) mass is 525 g/mol. The lowest BCUT2D eigenvalue weighted by Crippen LogP contribution is -2.50. The van der Waals surface area contributed by atoms with Gasteiger partial charge in [0, 0.05) is 60.9 Å². The molecule has 0 spiro atoms. The molecule has 1 aromatic carbocycles. The standard InChI is InChI=1S/C25H28FN7O3S/c1-16-11-21(8-10-33(16)24(34)17-7-9-27-23(12-17)31-37(2,35)36)32-14-18-13-28-25(30-22(18)15-32)29-20-5-3-19(26)4-6-20/h3-7,9,12-13,16,21H,8,10-11,14-15H2,1-2H3,(H,27,31)(H,28,29,30)/t16-,21-/m1/s1. The second kappa shape index (κ2) is 10.0. The molecule has 0 saturated carbocycles. The number of likely N-dealkylation sites (tertiary alicyclic amines) is 1. The molecule has 0 radical (unpaired) electrons. The summed E-state index contributed by atoms with van der Waals surface area (Å²) >= 11 is 0. The number of carbonyl (C=O) groups excluding carboxylic acids is 1. The number of rotatable bonds is 6. The van der Waals surface area contributed by atoms with Crippen LogP contribution in [0.1, 0.15) is 41.4 Å². The number of hydrogen-bond acceptors (Lipinski definition) is 8. The number of amides is 1. The number of pyridine rings is 1. The molecule has 0 aliphatic carbocycles. The Balaban J connectivity index is 1.20. The Bertz CT molecular complexity index is 1420. The van der Waals surface area contributed by atoms with Crippen molar-refractivity contribution in [3.05, 3.63) is 71.4 Å². The molecule has 2 aromatic heterocycles. The average molecular weight is 526 g/mol. The van der Waals surface area contributed by atoms with Crippen molar-refractivity contribution < 1.29 is 17.6 Å². The molecular formula is C25H28FN7O3S. The van der Waals surface area contributed by atoms with E-state index in [4.69, 9.17) is 0 Å². The fourth-order valence-electron chi connectivity index (χ4n) is 4.91. The van der Waals surface area contributed by atoms with Crippen molar-refractivity contribution in [2.45, 2.75) is 44.9 Å². The topological polar surface area (TPSA) is 120 Å². The molecule has 2 atom stereocenters. The van der Waals surface area contributed by atoms with Gasteiger partial charge in [0.15, 0.2) is 0 Å². The quantitative estimate of drug-likeness (QED) is 0.504. The third-order valence-electron chi connectivity index (χ3n) is 6.70. The van der Waals surface area contributed by atoms with E-state index in [1.54, 1.807) is 18.2 Å². The Hall–Kier alpha value is -3.64. The van der Waals surface area contributed by atoms with Crippen molar-refractivity contribution in [2.75, 3.05) is 22.8 Å². The molecule has 1 saturated heterocycles. The highest BCUT2D eigenvalue weighted by molar-refractivity contribution is 7.92. The van der Waals surface area contributed by atoms with E-state index in [1.165, 1.54) is 24.4 Å². The molecule has 0 bridgehead atoms. The molecular weight excluding hydrogens is 497 g/mol. The Kier molecular flexibility index (Phi) is 6.78. The molecule has 4 heterocycles. The SMILES string of the molecule is C[C@@H]1C[C@H](N2Cc3cnc(Nc4ccc(F)cc4)nc3C2)CCN1C(=O)c1ccnc(NS(C)(=O)=O)c1. The van der Waals surface area contributed by atoms with Crippen LogP contribution in [0.3, 0.4) is 0 Å². The summed E-state index contributed by atoms with van der Waals surface area (Å²) in [5.74, 6) is 0.160. The molecule has 2 aliphatic heterocycles. The van der Waals surface area contributed by atoms with Crippen molar-refractivity contribution in [1.82, 2.24) is 24.8 Å². The number of aromatic nitrogens is 3. The summed E-state index contributed by atoms with van der Waals surface area (Å²) in [7, 11) is -3.49. The highest BCUT2D eigenvalue weighted by atomic mass is 32.2. The van der Waals surface area contributed by atoms with Gasteiger partial charge in [0.2, 0.25) is 16.0 Å². The van der Waals surface area contributed by atoms with Crippen molar-refractivity contribution in [3.8, 4) is 0 Å². The molecule has 5 rings (SSSR count). The molecule has 0 unspecified atom stereocenters. The number of piperidine rings is 1. The minimum atomic E-state index is -3.49. The van der Waals surface area contributed by atoms with Crippen LogP contribution in [-0.4, -0.2) is 64.0 Å². The average Bonchev–Trinajstić information content (AvgIpc) is 3.28. The van der Waals surface area contributed by atoms with E-state index in [2.05, 4.69) is 29.9 Å². The predicted octanol–water partition coefficient (Wildman–Crippen LogP) is 3.13. The van der Waals surface area contributed by atoms with Crippen LogP contribution >= 0.6 is 0 Å². The van der Waals surface area contributed by atoms with Gasteiger partial charge in [-0.1, -0.05) is 0 Å². The summed E-state index contributed by atoms with van der Waals surface area (Å²) in [4.78, 5) is 30.5. The van der Waals surface area contributed by atoms with Gasteiger partial charge in [0.05, 0.1) is 11.9 Å². The number of benzene rings is 1. The molecule has 3 aromatic rings. The van der Waals surface area contributed by atoms with Crippen LogP contribution in [0.2, 0.25) is 0 Å². The zero-order valence-electron chi connectivity index (χ0n) is 20.6. The summed E-state index contributed by atoms with van der Waals surface area (Å²) in [6.07, 6.45) is 5.94. The summed E-state index contributed by atoms with van der Waals surface area (Å²) in [6.45, 7) is 4.08. The van der Waals surface area contributed by atoms with Gasteiger partial charge < -0.3 is 10.2 Å². The van der Waals surface area contributed by atoms with Crippen molar-refractivity contribution >= 4 is 33.4 Å². The minimum absolute atomic E-state index is 0.0104. The van der Waals surface area contributed by atoms with Gasteiger partial charge in [-0.3, -0.25) is 14.4 Å². The first-order chi connectivity index (χ1) is 17.6. The van der Waals surface area contributed by atoms with Crippen LogP contribution in [0.25, 0.3) is 0 Å². The van der Waals surface area contributed by atoms with Crippen LogP contribution in [0.5, 0.6) is 0 Å². The molecule has 194 valence electrons. The van der Waals surface area contributed by atoms with Crippen LogP contribution in [0.15, 0.2) is 48.8 Å². The van der Waals surface area contributed by atoms with E-state index in [0.29, 0.717) is 30.6 Å². The summed E-state index contributed by atoms with van der Waals surface area (Å²) in [5.41, 5.74) is 3.17. The maximum Gasteiger partial charge on any atom is 0.254 e. The molecule has 12 heteroatoms. The van der Waals surface area contributed by atoms with Gasteiger partial charge >= 0.3 is 0 Å². The Labute approximate surface area is 215 Å². The number of anilines is 3. The smallest absolute Gasteiger partial charge is 0.254 e.